The number of rotatable bonds is 4. The van der Waals surface area contributed by atoms with Crippen LogP contribution in [0.5, 0.6) is 11.5 Å². The van der Waals surface area contributed by atoms with Crippen molar-refractivity contribution in [1.82, 2.24) is 5.32 Å². The van der Waals surface area contributed by atoms with Crippen LogP contribution in [0.3, 0.4) is 0 Å². The van der Waals surface area contributed by atoms with Gasteiger partial charge in [-0.1, -0.05) is 35.9 Å². The summed E-state index contributed by atoms with van der Waals surface area (Å²) in [4.78, 5) is 0. The molecular formula is C16H16ClNO2. The summed E-state index contributed by atoms with van der Waals surface area (Å²) in [6.45, 7) is 3.16. The van der Waals surface area contributed by atoms with Gasteiger partial charge >= 0.3 is 0 Å². The lowest BCUT2D eigenvalue weighted by Crippen LogP contribution is -2.18. The molecule has 0 radical (unpaired) electrons. The summed E-state index contributed by atoms with van der Waals surface area (Å²) in [5, 5.41) is 4.26. The SMILES string of the molecule is C[C@@H](NCc1ccccc1Cl)c1ccc2c(c1)OCO2. The van der Waals surface area contributed by atoms with Crippen molar-refractivity contribution in [3.8, 4) is 11.5 Å². The van der Waals surface area contributed by atoms with Crippen LogP contribution in [0.25, 0.3) is 0 Å². The van der Waals surface area contributed by atoms with Gasteiger partial charge in [-0.05, 0) is 36.2 Å². The van der Waals surface area contributed by atoms with E-state index in [0.717, 1.165) is 28.6 Å². The van der Waals surface area contributed by atoms with E-state index in [9.17, 15) is 0 Å². The van der Waals surface area contributed by atoms with Crippen molar-refractivity contribution >= 4 is 11.6 Å². The van der Waals surface area contributed by atoms with Crippen molar-refractivity contribution in [3.63, 3.8) is 0 Å². The van der Waals surface area contributed by atoms with Crippen molar-refractivity contribution in [3.05, 3.63) is 58.6 Å². The van der Waals surface area contributed by atoms with Crippen LogP contribution in [-0.2, 0) is 6.54 Å². The smallest absolute Gasteiger partial charge is 0.231 e. The van der Waals surface area contributed by atoms with Crippen LogP contribution in [0.15, 0.2) is 42.5 Å². The van der Waals surface area contributed by atoms with Gasteiger partial charge in [0.15, 0.2) is 11.5 Å². The monoisotopic (exact) mass is 289 g/mol. The van der Waals surface area contributed by atoms with Crippen molar-refractivity contribution in [2.24, 2.45) is 0 Å². The molecular weight excluding hydrogens is 274 g/mol. The Kier molecular flexibility index (Phi) is 3.81. The topological polar surface area (TPSA) is 30.5 Å². The second-order valence-electron chi connectivity index (χ2n) is 4.81. The van der Waals surface area contributed by atoms with E-state index in [1.165, 1.54) is 5.56 Å². The lowest BCUT2D eigenvalue weighted by molar-refractivity contribution is 0.174. The third-order valence-electron chi connectivity index (χ3n) is 3.45. The summed E-state index contributed by atoms with van der Waals surface area (Å²) in [5.41, 5.74) is 2.27. The summed E-state index contributed by atoms with van der Waals surface area (Å²) < 4.78 is 10.7. The summed E-state index contributed by atoms with van der Waals surface area (Å²) in [7, 11) is 0. The number of hydrogen-bond donors (Lipinski definition) is 1. The molecule has 0 saturated heterocycles. The van der Waals surface area contributed by atoms with Crippen molar-refractivity contribution in [1.29, 1.82) is 0 Å². The van der Waals surface area contributed by atoms with E-state index >= 15 is 0 Å². The van der Waals surface area contributed by atoms with Crippen LogP contribution in [0.4, 0.5) is 0 Å². The van der Waals surface area contributed by atoms with Gasteiger partial charge in [0.05, 0.1) is 0 Å². The number of halogens is 1. The maximum Gasteiger partial charge on any atom is 0.231 e. The zero-order chi connectivity index (χ0) is 13.9. The first kappa shape index (κ1) is 13.3. The molecule has 0 amide bonds. The van der Waals surface area contributed by atoms with Crippen molar-refractivity contribution in [2.45, 2.75) is 19.5 Å². The standard InChI is InChI=1S/C16H16ClNO2/c1-11(18-9-13-4-2-3-5-14(13)17)12-6-7-15-16(8-12)20-10-19-15/h2-8,11,18H,9-10H2,1H3/t11-/m1/s1. The van der Waals surface area contributed by atoms with Gasteiger partial charge in [-0.15, -0.1) is 0 Å². The second-order valence-corrected chi connectivity index (χ2v) is 5.21. The Morgan fingerprint density at radius 2 is 1.95 bits per heavy atom. The van der Waals surface area contributed by atoms with Crippen LogP contribution in [0.1, 0.15) is 24.1 Å². The summed E-state index contributed by atoms with van der Waals surface area (Å²) in [6.07, 6.45) is 0. The zero-order valence-corrected chi connectivity index (χ0v) is 12.0. The van der Waals surface area contributed by atoms with E-state index in [0.29, 0.717) is 6.79 Å². The minimum Gasteiger partial charge on any atom is -0.454 e. The largest absolute Gasteiger partial charge is 0.454 e. The van der Waals surface area contributed by atoms with Crippen LogP contribution < -0.4 is 14.8 Å². The molecule has 0 fully saturated rings. The molecule has 0 aromatic heterocycles. The normalized spacial score (nSPS) is 14.3. The molecule has 0 saturated carbocycles. The fraction of sp³-hybridized carbons (Fsp3) is 0.250. The Balaban J connectivity index is 1.67. The number of benzene rings is 2. The lowest BCUT2D eigenvalue weighted by atomic mass is 10.1. The van der Waals surface area contributed by atoms with Crippen LogP contribution >= 0.6 is 11.6 Å². The third kappa shape index (κ3) is 2.74. The molecule has 0 aliphatic carbocycles. The quantitative estimate of drug-likeness (QED) is 0.925. The van der Waals surface area contributed by atoms with Gasteiger partial charge in [0.25, 0.3) is 0 Å². The fourth-order valence-corrected chi connectivity index (χ4v) is 2.41. The molecule has 20 heavy (non-hydrogen) atoms. The van der Waals surface area contributed by atoms with E-state index in [1.807, 2.05) is 36.4 Å². The first-order valence-electron chi connectivity index (χ1n) is 6.60. The zero-order valence-electron chi connectivity index (χ0n) is 11.2. The van der Waals surface area contributed by atoms with Crippen LogP contribution in [0.2, 0.25) is 5.02 Å². The highest BCUT2D eigenvalue weighted by Gasteiger charge is 2.15. The summed E-state index contributed by atoms with van der Waals surface area (Å²) in [5.74, 6) is 1.63. The Bertz CT molecular complexity index is 615. The molecule has 2 aromatic carbocycles. The lowest BCUT2D eigenvalue weighted by Gasteiger charge is -2.15. The molecule has 1 heterocycles. The van der Waals surface area contributed by atoms with Gasteiger partial charge in [-0.3, -0.25) is 0 Å². The Labute approximate surface area is 123 Å². The molecule has 4 heteroatoms. The highest BCUT2D eigenvalue weighted by Crippen LogP contribution is 2.34. The van der Waals surface area contributed by atoms with Gasteiger partial charge < -0.3 is 14.8 Å². The molecule has 104 valence electrons. The summed E-state index contributed by atoms with van der Waals surface area (Å²) >= 11 is 6.15. The minimum atomic E-state index is 0.209. The maximum atomic E-state index is 6.15. The molecule has 3 nitrogen and oxygen atoms in total. The maximum absolute atomic E-state index is 6.15. The highest BCUT2D eigenvalue weighted by atomic mass is 35.5. The van der Waals surface area contributed by atoms with Gasteiger partial charge in [0, 0.05) is 17.6 Å². The van der Waals surface area contributed by atoms with Gasteiger partial charge in [0.2, 0.25) is 6.79 Å². The first-order chi connectivity index (χ1) is 9.74. The number of nitrogens with one attached hydrogen (secondary N) is 1. The fourth-order valence-electron chi connectivity index (χ4n) is 2.21. The van der Waals surface area contributed by atoms with Crippen LogP contribution in [-0.4, -0.2) is 6.79 Å². The molecule has 0 spiro atoms. The van der Waals surface area contributed by atoms with E-state index < -0.39 is 0 Å². The van der Waals surface area contributed by atoms with Gasteiger partial charge in [-0.2, -0.15) is 0 Å². The minimum absolute atomic E-state index is 0.209. The van der Waals surface area contributed by atoms with Crippen molar-refractivity contribution < 1.29 is 9.47 Å². The Hall–Kier alpha value is -1.71. The average Bonchev–Trinajstić information content (AvgIpc) is 2.93. The van der Waals surface area contributed by atoms with E-state index in [1.54, 1.807) is 0 Å². The van der Waals surface area contributed by atoms with E-state index in [-0.39, 0.29) is 6.04 Å². The van der Waals surface area contributed by atoms with Gasteiger partial charge in [0.1, 0.15) is 0 Å². The number of ether oxygens (including phenoxy) is 2. The van der Waals surface area contributed by atoms with Gasteiger partial charge in [-0.25, -0.2) is 0 Å². The third-order valence-corrected chi connectivity index (χ3v) is 3.82. The molecule has 1 atom stereocenters. The predicted octanol–water partition coefficient (Wildman–Crippen LogP) is 3.92. The molecule has 0 unspecified atom stereocenters. The van der Waals surface area contributed by atoms with E-state index in [2.05, 4.69) is 18.3 Å². The van der Waals surface area contributed by atoms with Crippen LogP contribution in [0, 0.1) is 0 Å². The average molecular weight is 290 g/mol. The molecule has 1 N–H and O–H groups in total. The Morgan fingerprint density at radius 1 is 1.15 bits per heavy atom. The molecule has 0 bridgehead atoms. The predicted molar refractivity (Wildman–Crippen MR) is 79.3 cm³/mol. The molecule has 1 aliphatic rings. The number of fused-ring (bicyclic) bond motifs is 1. The highest BCUT2D eigenvalue weighted by molar-refractivity contribution is 6.31. The first-order valence-corrected chi connectivity index (χ1v) is 6.98. The summed E-state index contributed by atoms with van der Waals surface area (Å²) in [6, 6.07) is 14.1. The molecule has 2 aromatic rings. The molecule has 1 aliphatic heterocycles. The van der Waals surface area contributed by atoms with E-state index in [4.69, 9.17) is 21.1 Å². The second kappa shape index (κ2) is 5.73. The number of hydrogen-bond acceptors (Lipinski definition) is 3. The van der Waals surface area contributed by atoms with Crippen molar-refractivity contribution in [2.75, 3.05) is 6.79 Å². The Morgan fingerprint density at radius 3 is 2.80 bits per heavy atom. The molecule has 3 rings (SSSR count).